The Balaban J connectivity index is 2.50. The molecule has 0 saturated carbocycles. The van der Waals surface area contributed by atoms with E-state index in [2.05, 4.69) is 5.32 Å². The lowest BCUT2D eigenvalue weighted by molar-refractivity contribution is -0.0121. The van der Waals surface area contributed by atoms with Gasteiger partial charge in [-0.1, -0.05) is 18.2 Å². The summed E-state index contributed by atoms with van der Waals surface area (Å²) in [6, 6.07) is 5.97. The lowest BCUT2D eigenvalue weighted by Crippen LogP contribution is -2.57. The molecule has 0 aliphatic rings. The van der Waals surface area contributed by atoms with Gasteiger partial charge < -0.3 is 20.3 Å². The van der Waals surface area contributed by atoms with E-state index in [1.54, 1.807) is 13.8 Å². The Hall–Kier alpha value is -1.10. The molecular formula is C17H29NO3. The van der Waals surface area contributed by atoms with Crippen LogP contribution >= 0.6 is 0 Å². The lowest BCUT2D eigenvalue weighted by atomic mass is 9.86. The van der Waals surface area contributed by atoms with Crippen LogP contribution in [0, 0.1) is 13.8 Å². The van der Waals surface area contributed by atoms with E-state index >= 15 is 0 Å². The molecule has 0 spiro atoms. The first-order chi connectivity index (χ1) is 9.54. The van der Waals surface area contributed by atoms with Gasteiger partial charge in [0.25, 0.3) is 0 Å². The molecule has 1 unspecified atom stereocenters. The van der Waals surface area contributed by atoms with Gasteiger partial charge in [-0.05, 0) is 52.7 Å². The van der Waals surface area contributed by atoms with Crippen molar-refractivity contribution in [2.45, 2.75) is 58.8 Å². The van der Waals surface area contributed by atoms with Gasteiger partial charge in [0, 0.05) is 12.1 Å². The molecule has 1 aromatic rings. The van der Waals surface area contributed by atoms with E-state index in [1.165, 1.54) is 0 Å². The number of benzene rings is 1. The fourth-order valence-electron chi connectivity index (χ4n) is 1.85. The minimum Gasteiger partial charge on any atom is -0.490 e. The molecule has 0 heterocycles. The number of hydrogen-bond donors (Lipinski definition) is 3. The van der Waals surface area contributed by atoms with Gasteiger partial charge >= 0.3 is 0 Å². The van der Waals surface area contributed by atoms with Crippen molar-refractivity contribution in [2.24, 2.45) is 0 Å². The van der Waals surface area contributed by atoms with Crippen LogP contribution in [0.5, 0.6) is 5.75 Å². The number of nitrogens with one attached hydrogen (secondary N) is 1. The van der Waals surface area contributed by atoms with Gasteiger partial charge in [-0.3, -0.25) is 0 Å². The summed E-state index contributed by atoms with van der Waals surface area (Å²) in [7, 11) is 0. The van der Waals surface area contributed by atoms with Gasteiger partial charge in [0.05, 0.1) is 5.60 Å². The van der Waals surface area contributed by atoms with Gasteiger partial charge in [0.2, 0.25) is 0 Å². The number of hydrogen-bond acceptors (Lipinski definition) is 4. The number of aryl methyl sites for hydroxylation is 2. The number of para-hydroxylation sites is 1. The maximum absolute atomic E-state index is 10.1. The zero-order valence-electron chi connectivity index (χ0n) is 14.0. The van der Waals surface area contributed by atoms with E-state index in [9.17, 15) is 10.2 Å². The van der Waals surface area contributed by atoms with E-state index in [-0.39, 0.29) is 6.61 Å². The van der Waals surface area contributed by atoms with Crippen LogP contribution in [0.25, 0.3) is 0 Å². The zero-order valence-corrected chi connectivity index (χ0v) is 14.0. The molecule has 1 atom stereocenters. The summed E-state index contributed by atoms with van der Waals surface area (Å²) in [6.07, 6.45) is -0.634. The fraction of sp³-hybridized carbons (Fsp3) is 0.647. The van der Waals surface area contributed by atoms with E-state index < -0.39 is 17.2 Å². The standard InChI is InChI=1S/C17H29NO3/c1-12-8-7-9-13(2)15(12)21-11-14(19)10-18-16(3,4)17(5,6)20/h7-9,14,18-20H,10-11H2,1-6H3. The predicted octanol–water partition coefficient (Wildman–Crippen LogP) is 2.18. The quantitative estimate of drug-likeness (QED) is 0.721. The van der Waals surface area contributed by atoms with Crippen LogP contribution in [-0.4, -0.2) is 40.6 Å². The Morgan fingerprint density at radius 3 is 2.14 bits per heavy atom. The van der Waals surface area contributed by atoms with Crippen LogP contribution in [0.2, 0.25) is 0 Å². The van der Waals surface area contributed by atoms with Crippen LogP contribution in [0.4, 0.5) is 0 Å². The average Bonchev–Trinajstić information content (AvgIpc) is 2.34. The second-order valence-electron chi connectivity index (χ2n) is 6.75. The van der Waals surface area contributed by atoms with Crippen molar-refractivity contribution in [1.82, 2.24) is 5.32 Å². The SMILES string of the molecule is Cc1cccc(C)c1OCC(O)CNC(C)(C)C(C)(C)O. The minimum absolute atomic E-state index is 0.223. The van der Waals surface area contributed by atoms with Crippen molar-refractivity contribution in [3.63, 3.8) is 0 Å². The highest BCUT2D eigenvalue weighted by Crippen LogP contribution is 2.23. The number of aliphatic hydroxyl groups excluding tert-OH is 1. The van der Waals surface area contributed by atoms with Crippen molar-refractivity contribution in [1.29, 1.82) is 0 Å². The highest BCUT2D eigenvalue weighted by molar-refractivity contribution is 5.39. The van der Waals surface area contributed by atoms with Gasteiger partial charge in [-0.15, -0.1) is 0 Å². The normalized spacial score (nSPS) is 14.1. The highest BCUT2D eigenvalue weighted by atomic mass is 16.5. The van der Waals surface area contributed by atoms with Crippen LogP contribution in [0.1, 0.15) is 38.8 Å². The molecule has 0 saturated heterocycles. The summed E-state index contributed by atoms with van der Waals surface area (Å²) >= 11 is 0. The zero-order chi connectivity index (χ0) is 16.3. The number of ether oxygens (including phenoxy) is 1. The highest BCUT2D eigenvalue weighted by Gasteiger charge is 2.34. The fourth-order valence-corrected chi connectivity index (χ4v) is 1.85. The Bertz CT molecular complexity index is 443. The summed E-state index contributed by atoms with van der Waals surface area (Å²) in [5.74, 6) is 0.832. The third kappa shape index (κ3) is 4.99. The second kappa shape index (κ2) is 6.77. The predicted molar refractivity (Wildman–Crippen MR) is 85.8 cm³/mol. The second-order valence-corrected chi connectivity index (χ2v) is 6.75. The molecule has 0 amide bonds. The summed E-state index contributed by atoms with van der Waals surface area (Å²) in [6.45, 7) is 11.9. The lowest BCUT2D eigenvalue weighted by Gasteiger charge is -2.38. The molecule has 3 N–H and O–H groups in total. The van der Waals surface area contributed by atoms with Gasteiger partial charge in [0.1, 0.15) is 18.5 Å². The average molecular weight is 295 g/mol. The Kier molecular flexibility index (Phi) is 5.79. The van der Waals surface area contributed by atoms with Crippen molar-refractivity contribution >= 4 is 0 Å². The third-order valence-electron chi connectivity index (χ3n) is 4.14. The van der Waals surface area contributed by atoms with Gasteiger partial charge in [-0.2, -0.15) is 0 Å². The molecule has 0 radical (unpaired) electrons. The maximum atomic E-state index is 10.1. The number of β-amino-alcohol motifs (C(OH)–C–C–N with tert-alkyl or cyclic N) is 1. The summed E-state index contributed by atoms with van der Waals surface area (Å²) < 4.78 is 5.73. The minimum atomic E-state index is -0.875. The Labute approximate surface area is 128 Å². The molecule has 4 nitrogen and oxygen atoms in total. The number of rotatable bonds is 7. The van der Waals surface area contributed by atoms with Gasteiger partial charge in [-0.25, -0.2) is 0 Å². The molecule has 1 rings (SSSR count). The monoisotopic (exact) mass is 295 g/mol. The van der Waals surface area contributed by atoms with Crippen LogP contribution < -0.4 is 10.1 Å². The molecule has 0 fully saturated rings. The smallest absolute Gasteiger partial charge is 0.125 e. The van der Waals surface area contributed by atoms with Crippen molar-refractivity contribution in [3.05, 3.63) is 29.3 Å². The van der Waals surface area contributed by atoms with E-state index in [0.717, 1.165) is 16.9 Å². The number of aliphatic hydroxyl groups is 2. The van der Waals surface area contributed by atoms with Crippen molar-refractivity contribution in [3.8, 4) is 5.75 Å². The van der Waals surface area contributed by atoms with Crippen LogP contribution in [0.15, 0.2) is 18.2 Å². The molecule has 120 valence electrons. The molecule has 0 aromatic heterocycles. The topological polar surface area (TPSA) is 61.7 Å². The molecule has 21 heavy (non-hydrogen) atoms. The van der Waals surface area contributed by atoms with Crippen LogP contribution in [0.3, 0.4) is 0 Å². The first-order valence-corrected chi connectivity index (χ1v) is 7.39. The van der Waals surface area contributed by atoms with Gasteiger partial charge in [0.15, 0.2) is 0 Å². The Morgan fingerprint density at radius 1 is 1.14 bits per heavy atom. The first-order valence-electron chi connectivity index (χ1n) is 7.39. The molecular weight excluding hydrogens is 266 g/mol. The van der Waals surface area contributed by atoms with Crippen molar-refractivity contribution in [2.75, 3.05) is 13.2 Å². The summed E-state index contributed by atoms with van der Waals surface area (Å²) in [5, 5.41) is 23.3. The van der Waals surface area contributed by atoms with Crippen LogP contribution in [-0.2, 0) is 0 Å². The molecule has 0 aliphatic carbocycles. The summed E-state index contributed by atoms with van der Waals surface area (Å²) in [5.41, 5.74) is 0.756. The molecule has 0 aliphatic heterocycles. The summed E-state index contributed by atoms with van der Waals surface area (Å²) in [4.78, 5) is 0. The van der Waals surface area contributed by atoms with E-state index in [4.69, 9.17) is 4.74 Å². The van der Waals surface area contributed by atoms with Crippen molar-refractivity contribution < 1.29 is 14.9 Å². The molecule has 4 heteroatoms. The first kappa shape index (κ1) is 18.0. The third-order valence-corrected chi connectivity index (χ3v) is 4.14. The maximum Gasteiger partial charge on any atom is 0.125 e. The van der Waals surface area contributed by atoms with E-state index in [1.807, 2.05) is 45.9 Å². The molecule has 0 bridgehead atoms. The largest absolute Gasteiger partial charge is 0.490 e. The molecule has 1 aromatic carbocycles. The Morgan fingerprint density at radius 2 is 1.67 bits per heavy atom. The van der Waals surface area contributed by atoms with E-state index in [0.29, 0.717) is 6.54 Å².